The number of nitrogens with one attached hydrogen (secondary N) is 1. The molecule has 1 unspecified atom stereocenters. The lowest BCUT2D eigenvalue weighted by molar-refractivity contribution is 0.319. The molecule has 0 amide bonds. The maximum Gasteiger partial charge on any atom is 0.0419 e. The molecule has 1 saturated carbocycles. The quantitative estimate of drug-likeness (QED) is 0.434. The Kier molecular flexibility index (Phi) is 5.53. The number of rotatable bonds is 5. The molecule has 2 aliphatic rings. The second-order valence-corrected chi connectivity index (χ2v) is 5.83. The number of hydrogen-bond acceptors (Lipinski definition) is 2. The van der Waals surface area contributed by atoms with E-state index in [1.807, 2.05) is 0 Å². The van der Waals surface area contributed by atoms with E-state index >= 15 is 0 Å². The molecule has 1 fully saturated rings. The fourth-order valence-electron chi connectivity index (χ4n) is 3.43. The van der Waals surface area contributed by atoms with Gasteiger partial charge in [-0.15, -0.1) is 0 Å². The SMILES string of the molecule is NNC(CCC1CCCCC1)C1=CCCCC1. The first-order valence-corrected chi connectivity index (χ1v) is 7.55. The second-order valence-electron chi connectivity index (χ2n) is 5.83. The zero-order chi connectivity index (χ0) is 11.9. The average Bonchev–Trinajstić information content (AvgIpc) is 2.42. The summed E-state index contributed by atoms with van der Waals surface area (Å²) in [6.07, 6.45) is 17.6. The van der Waals surface area contributed by atoms with Crippen molar-refractivity contribution in [2.45, 2.75) is 76.7 Å². The van der Waals surface area contributed by atoms with Crippen LogP contribution in [0.5, 0.6) is 0 Å². The molecule has 98 valence electrons. The van der Waals surface area contributed by atoms with Crippen LogP contribution in [0.3, 0.4) is 0 Å². The first-order chi connectivity index (χ1) is 8.40. The molecule has 2 aliphatic carbocycles. The summed E-state index contributed by atoms with van der Waals surface area (Å²) in [7, 11) is 0. The van der Waals surface area contributed by atoms with E-state index in [2.05, 4.69) is 11.5 Å². The third-order valence-electron chi connectivity index (χ3n) is 4.56. The smallest absolute Gasteiger partial charge is 0.0419 e. The van der Waals surface area contributed by atoms with Crippen LogP contribution >= 0.6 is 0 Å². The lowest BCUT2D eigenvalue weighted by Crippen LogP contribution is -2.37. The first-order valence-electron chi connectivity index (χ1n) is 7.55. The summed E-state index contributed by atoms with van der Waals surface area (Å²) in [5.74, 6) is 6.70. The minimum absolute atomic E-state index is 0.456. The van der Waals surface area contributed by atoms with Gasteiger partial charge in [0.25, 0.3) is 0 Å². The van der Waals surface area contributed by atoms with Gasteiger partial charge >= 0.3 is 0 Å². The van der Waals surface area contributed by atoms with Crippen LogP contribution in [-0.2, 0) is 0 Å². The highest BCUT2D eigenvalue weighted by Crippen LogP contribution is 2.29. The molecule has 0 aromatic heterocycles. The van der Waals surface area contributed by atoms with Crippen LogP contribution in [0.1, 0.15) is 70.6 Å². The van der Waals surface area contributed by atoms with Gasteiger partial charge in [-0.2, -0.15) is 0 Å². The molecule has 3 N–H and O–H groups in total. The molecule has 0 radical (unpaired) electrons. The summed E-state index contributed by atoms with van der Waals surface area (Å²) in [6, 6.07) is 0.456. The third kappa shape index (κ3) is 4.11. The fraction of sp³-hybridized carbons (Fsp3) is 0.867. The molecule has 0 aromatic carbocycles. The van der Waals surface area contributed by atoms with Gasteiger partial charge in [0.05, 0.1) is 0 Å². The molecule has 0 aliphatic heterocycles. The van der Waals surface area contributed by atoms with Crippen LogP contribution in [0.2, 0.25) is 0 Å². The molecule has 2 nitrogen and oxygen atoms in total. The molecule has 0 saturated heterocycles. The van der Waals surface area contributed by atoms with Gasteiger partial charge in [-0.1, -0.05) is 43.8 Å². The topological polar surface area (TPSA) is 38.0 Å². The van der Waals surface area contributed by atoms with E-state index in [4.69, 9.17) is 5.84 Å². The van der Waals surface area contributed by atoms with Crippen LogP contribution in [0, 0.1) is 5.92 Å². The molecule has 0 bridgehead atoms. The van der Waals surface area contributed by atoms with Gasteiger partial charge in [0.1, 0.15) is 0 Å². The predicted molar refractivity (Wildman–Crippen MR) is 73.5 cm³/mol. The van der Waals surface area contributed by atoms with Crippen molar-refractivity contribution in [3.8, 4) is 0 Å². The Labute approximate surface area is 106 Å². The fourth-order valence-corrected chi connectivity index (χ4v) is 3.43. The van der Waals surface area contributed by atoms with E-state index < -0.39 is 0 Å². The van der Waals surface area contributed by atoms with Gasteiger partial charge in [-0.05, 0) is 44.4 Å². The largest absolute Gasteiger partial charge is 0.271 e. The summed E-state index contributed by atoms with van der Waals surface area (Å²) in [5.41, 5.74) is 4.62. The van der Waals surface area contributed by atoms with Gasteiger partial charge in [-0.3, -0.25) is 11.3 Å². The van der Waals surface area contributed by atoms with Crippen molar-refractivity contribution in [3.63, 3.8) is 0 Å². The Bertz CT molecular complexity index is 241. The van der Waals surface area contributed by atoms with Crippen LogP contribution in [0.4, 0.5) is 0 Å². The maximum absolute atomic E-state index is 5.73. The van der Waals surface area contributed by atoms with Gasteiger partial charge in [0.15, 0.2) is 0 Å². The molecule has 0 spiro atoms. The molecule has 1 atom stereocenters. The minimum Gasteiger partial charge on any atom is -0.271 e. The van der Waals surface area contributed by atoms with E-state index in [0.29, 0.717) is 6.04 Å². The van der Waals surface area contributed by atoms with Gasteiger partial charge < -0.3 is 0 Å². The minimum atomic E-state index is 0.456. The average molecular weight is 236 g/mol. The van der Waals surface area contributed by atoms with Crippen molar-refractivity contribution < 1.29 is 0 Å². The van der Waals surface area contributed by atoms with Crippen molar-refractivity contribution in [3.05, 3.63) is 11.6 Å². The van der Waals surface area contributed by atoms with Crippen molar-refractivity contribution in [2.75, 3.05) is 0 Å². The highest BCUT2D eigenvalue weighted by Gasteiger charge is 2.18. The number of hydrogen-bond donors (Lipinski definition) is 2. The van der Waals surface area contributed by atoms with E-state index in [1.165, 1.54) is 70.6 Å². The molecular formula is C15H28N2. The Morgan fingerprint density at radius 3 is 2.65 bits per heavy atom. The Balaban J connectivity index is 1.76. The summed E-state index contributed by atoms with van der Waals surface area (Å²) < 4.78 is 0. The summed E-state index contributed by atoms with van der Waals surface area (Å²) >= 11 is 0. The van der Waals surface area contributed by atoms with Crippen molar-refractivity contribution in [1.29, 1.82) is 0 Å². The van der Waals surface area contributed by atoms with Crippen molar-refractivity contribution >= 4 is 0 Å². The number of allylic oxidation sites excluding steroid dienone is 1. The zero-order valence-corrected chi connectivity index (χ0v) is 11.1. The lowest BCUT2D eigenvalue weighted by atomic mass is 9.83. The standard InChI is InChI=1S/C15H28N2/c16-17-15(14-9-5-2-6-10-14)12-11-13-7-3-1-4-8-13/h9,13,15,17H,1-8,10-12,16H2. The highest BCUT2D eigenvalue weighted by atomic mass is 15.2. The Morgan fingerprint density at radius 2 is 2.00 bits per heavy atom. The molecule has 0 aromatic rings. The molecular weight excluding hydrogens is 208 g/mol. The van der Waals surface area contributed by atoms with Crippen LogP contribution in [-0.4, -0.2) is 6.04 Å². The van der Waals surface area contributed by atoms with Crippen molar-refractivity contribution in [2.24, 2.45) is 11.8 Å². The van der Waals surface area contributed by atoms with Gasteiger partial charge in [-0.25, -0.2) is 0 Å². The molecule has 0 heterocycles. The third-order valence-corrected chi connectivity index (χ3v) is 4.56. The summed E-state index contributed by atoms with van der Waals surface area (Å²) in [5, 5.41) is 0. The van der Waals surface area contributed by atoms with E-state index in [-0.39, 0.29) is 0 Å². The van der Waals surface area contributed by atoms with E-state index in [0.717, 1.165) is 5.92 Å². The summed E-state index contributed by atoms with van der Waals surface area (Å²) in [6.45, 7) is 0. The van der Waals surface area contributed by atoms with Crippen LogP contribution < -0.4 is 11.3 Å². The summed E-state index contributed by atoms with van der Waals surface area (Å²) in [4.78, 5) is 0. The second kappa shape index (κ2) is 7.17. The van der Waals surface area contributed by atoms with E-state index in [9.17, 15) is 0 Å². The predicted octanol–water partition coefficient (Wildman–Crippen LogP) is 3.68. The van der Waals surface area contributed by atoms with Crippen LogP contribution in [0.15, 0.2) is 11.6 Å². The maximum atomic E-state index is 5.73. The van der Waals surface area contributed by atoms with Crippen molar-refractivity contribution in [1.82, 2.24) is 5.43 Å². The monoisotopic (exact) mass is 236 g/mol. The van der Waals surface area contributed by atoms with Gasteiger partial charge in [0, 0.05) is 6.04 Å². The normalized spacial score (nSPS) is 24.4. The van der Waals surface area contributed by atoms with Gasteiger partial charge in [0.2, 0.25) is 0 Å². The number of nitrogens with two attached hydrogens (primary N) is 1. The zero-order valence-electron chi connectivity index (χ0n) is 11.1. The first kappa shape index (κ1) is 13.1. The molecule has 17 heavy (non-hydrogen) atoms. The van der Waals surface area contributed by atoms with Crippen LogP contribution in [0.25, 0.3) is 0 Å². The molecule has 2 heteroatoms. The van der Waals surface area contributed by atoms with E-state index in [1.54, 1.807) is 5.57 Å². The molecule has 2 rings (SSSR count). The highest BCUT2D eigenvalue weighted by molar-refractivity contribution is 5.12. The Morgan fingerprint density at radius 1 is 1.18 bits per heavy atom. The Hall–Kier alpha value is -0.340. The number of hydrazine groups is 1. The lowest BCUT2D eigenvalue weighted by Gasteiger charge is -2.26.